The Morgan fingerprint density at radius 2 is 1.88 bits per heavy atom. The molecule has 0 aliphatic rings. The molecule has 0 aromatic heterocycles. The van der Waals surface area contributed by atoms with Gasteiger partial charge in [-0.15, -0.1) is 0 Å². The number of unbranched alkanes of at least 4 members (excludes halogenated alkanes) is 1. The van der Waals surface area contributed by atoms with E-state index in [9.17, 15) is 9.18 Å². The van der Waals surface area contributed by atoms with Crippen molar-refractivity contribution >= 4 is 28.9 Å². The van der Waals surface area contributed by atoms with Crippen LogP contribution < -0.4 is 15.4 Å². The highest BCUT2D eigenvalue weighted by Crippen LogP contribution is 2.19. The quantitative estimate of drug-likeness (QED) is 0.678. The first-order valence-corrected chi connectivity index (χ1v) is 8.18. The van der Waals surface area contributed by atoms with Crippen molar-refractivity contribution < 1.29 is 13.9 Å². The van der Waals surface area contributed by atoms with Crippen LogP contribution in [-0.2, 0) is 4.79 Å². The predicted octanol–water partition coefficient (Wildman–Crippen LogP) is 4.71. The number of nitrogens with one attached hydrogen (secondary N) is 2. The molecule has 2 aromatic carbocycles. The molecule has 0 saturated heterocycles. The molecule has 0 bridgehead atoms. The third-order valence-electron chi connectivity index (χ3n) is 3.28. The Hall–Kier alpha value is -2.27. The third kappa shape index (κ3) is 5.74. The first-order valence-electron chi connectivity index (χ1n) is 7.80. The summed E-state index contributed by atoms with van der Waals surface area (Å²) in [4.78, 5) is 11.9. The molecule has 128 valence electrons. The van der Waals surface area contributed by atoms with E-state index in [1.807, 2.05) is 24.3 Å². The van der Waals surface area contributed by atoms with E-state index >= 15 is 0 Å². The predicted molar refractivity (Wildman–Crippen MR) is 95.4 cm³/mol. The van der Waals surface area contributed by atoms with Crippen molar-refractivity contribution in [3.8, 4) is 5.75 Å². The molecule has 2 aromatic rings. The van der Waals surface area contributed by atoms with E-state index in [1.54, 1.807) is 0 Å². The summed E-state index contributed by atoms with van der Waals surface area (Å²) in [5, 5.41) is 5.63. The Morgan fingerprint density at radius 3 is 2.54 bits per heavy atom. The van der Waals surface area contributed by atoms with E-state index in [1.165, 1.54) is 18.2 Å². The maximum atomic E-state index is 13.1. The fraction of sp³-hybridized carbons (Fsp3) is 0.278. The standard InChI is InChI=1S/C18H20ClFN2O2/c1-2-3-10-24-15-7-4-13(5-8-15)21-12-18(23)22-14-6-9-17(20)16(19)11-14/h4-9,11,21H,2-3,10,12H2,1H3,(H,22,23). The summed E-state index contributed by atoms with van der Waals surface area (Å²) in [6.07, 6.45) is 2.11. The molecule has 4 nitrogen and oxygen atoms in total. The van der Waals surface area contributed by atoms with Gasteiger partial charge >= 0.3 is 0 Å². The van der Waals surface area contributed by atoms with Crippen LogP contribution in [0.3, 0.4) is 0 Å². The zero-order valence-corrected chi connectivity index (χ0v) is 14.2. The summed E-state index contributed by atoms with van der Waals surface area (Å²) < 4.78 is 18.6. The lowest BCUT2D eigenvalue weighted by atomic mass is 10.3. The van der Waals surface area contributed by atoms with Crippen molar-refractivity contribution in [2.24, 2.45) is 0 Å². The van der Waals surface area contributed by atoms with E-state index in [0.29, 0.717) is 12.3 Å². The Kier molecular flexibility index (Phi) is 6.88. The van der Waals surface area contributed by atoms with Gasteiger partial charge < -0.3 is 15.4 Å². The number of halogens is 2. The van der Waals surface area contributed by atoms with Crippen molar-refractivity contribution in [1.29, 1.82) is 0 Å². The second-order valence-electron chi connectivity index (χ2n) is 5.26. The van der Waals surface area contributed by atoms with Gasteiger partial charge in [-0.25, -0.2) is 4.39 Å². The molecular weight excluding hydrogens is 331 g/mol. The van der Waals surface area contributed by atoms with Crippen molar-refractivity contribution in [3.63, 3.8) is 0 Å². The maximum Gasteiger partial charge on any atom is 0.243 e. The van der Waals surface area contributed by atoms with Crippen LogP contribution >= 0.6 is 11.6 Å². The van der Waals surface area contributed by atoms with E-state index in [0.717, 1.165) is 24.3 Å². The molecule has 2 rings (SSSR count). The Balaban J connectivity index is 1.79. The lowest BCUT2D eigenvalue weighted by Gasteiger charge is -2.09. The number of ether oxygens (including phenoxy) is 1. The molecule has 6 heteroatoms. The van der Waals surface area contributed by atoms with Crippen molar-refractivity contribution in [1.82, 2.24) is 0 Å². The summed E-state index contributed by atoms with van der Waals surface area (Å²) in [5.74, 6) is 0.0365. The van der Waals surface area contributed by atoms with Crippen LogP contribution in [0.4, 0.5) is 15.8 Å². The molecule has 2 N–H and O–H groups in total. The number of hydrogen-bond donors (Lipinski definition) is 2. The maximum absolute atomic E-state index is 13.1. The molecule has 1 amide bonds. The number of carbonyl (C=O) groups is 1. The van der Waals surface area contributed by atoms with Crippen molar-refractivity contribution in [3.05, 3.63) is 53.3 Å². The van der Waals surface area contributed by atoms with Gasteiger partial charge in [0.25, 0.3) is 0 Å². The van der Waals surface area contributed by atoms with Crippen LogP contribution in [0.1, 0.15) is 19.8 Å². The molecule has 0 heterocycles. The fourth-order valence-corrected chi connectivity index (χ4v) is 2.15. The van der Waals surface area contributed by atoms with Crippen LogP contribution in [0.2, 0.25) is 5.02 Å². The number of carbonyl (C=O) groups excluding carboxylic acids is 1. The monoisotopic (exact) mass is 350 g/mol. The second-order valence-corrected chi connectivity index (χ2v) is 5.66. The molecule has 0 saturated carbocycles. The van der Waals surface area contributed by atoms with Crippen LogP contribution in [0.25, 0.3) is 0 Å². The third-order valence-corrected chi connectivity index (χ3v) is 3.57. The summed E-state index contributed by atoms with van der Waals surface area (Å²) in [5.41, 5.74) is 1.26. The average molecular weight is 351 g/mol. The van der Waals surface area contributed by atoms with Crippen LogP contribution in [0.15, 0.2) is 42.5 Å². The number of anilines is 2. The highest BCUT2D eigenvalue weighted by Gasteiger charge is 2.05. The zero-order valence-electron chi connectivity index (χ0n) is 13.4. The minimum absolute atomic E-state index is 0.0283. The molecule has 0 radical (unpaired) electrons. The average Bonchev–Trinajstić information content (AvgIpc) is 2.58. The molecule has 0 aliphatic carbocycles. The molecule has 0 spiro atoms. The summed E-state index contributed by atoms with van der Waals surface area (Å²) in [6, 6.07) is 11.5. The lowest BCUT2D eigenvalue weighted by molar-refractivity contribution is -0.114. The van der Waals surface area contributed by atoms with Crippen LogP contribution in [0, 0.1) is 5.82 Å². The van der Waals surface area contributed by atoms with Gasteiger partial charge in [0.05, 0.1) is 18.2 Å². The minimum Gasteiger partial charge on any atom is -0.494 e. The molecular formula is C18H20ClFN2O2. The number of amides is 1. The number of hydrogen-bond acceptors (Lipinski definition) is 3. The van der Waals surface area contributed by atoms with Crippen molar-refractivity contribution in [2.75, 3.05) is 23.8 Å². The number of rotatable bonds is 8. The van der Waals surface area contributed by atoms with Crippen LogP contribution in [0.5, 0.6) is 5.75 Å². The SMILES string of the molecule is CCCCOc1ccc(NCC(=O)Nc2ccc(F)c(Cl)c2)cc1. The highest BCUT2D eigenvalue weighted by atomic mass is 35.5. The fourth-order valence-electron chi connectivity index (χ4n) is 1.96. The number of benzene rings is 2. The van der Waals surface area contributed by atoms with Gasteiger partial charge in [-0.05, 0) is 48.9 Å². The van der Waals surface area contributed by atoms with E-state index < -0.39 is 5.82 Å². The summed E-state index contributed by atoms with van der Waals surface area (Å²) in [7, 11) is 0. The van der Waals surface area contributed by atoms with Gasteiger partial charge in [-0.1, -0.05) is 24.9 Å². The smallest absolute Gasteiger partial charge is 0.243 e. The Labute approximate surface area is 146 Å². The van der Waals surface area contributed by atoms with Gasteiger partial charge in [0, 0.05) is 11.4 Å². The molecule has 0 aliphatic heterocycles. The summed E-state index contributed by atoms with van der Waals surface area (Å²) >= 11 is 5.68. The van der Waals surface area contributed by atoms with E-state index in [-0.39, 0.29) is 17.5 Å². The Morgan fingerprint density at radius 1 is 1.17 bits per heavy atom. The molecule has 0 fully saturated rings. The van der Waals surface area contributed by atoms with E-state index in [2.05, 4.69) is 17.6 Å². The molecule has 0 atom stereocenters. The largest absolute Gasteiger partial charge is 0.494 e. The van der Waals surface area contributed by atoms with Gasteiger partial charge in [-0.3, -0.25) is 4.79 Å². The first kappa shape index (κ1) is 18.1. The zero-order chi connectivity index (χ0) is 17.4. The van der Waals surface area contributed by atoms with Gasteiger partial charge in [-0.2, -0.15) is 0 Å². The van der Waals surface area contributed by atoms with E-state index in [4.69, 9.17) is 16.3 Å². The first-order chi connectivity index (χ1) is 11.6. The normalized spacial score (nSPS) is 10.3. The highest BCUT2D eigenvalue weighted by molar-refractivity contribution is 6.31. The van der Waals surface area contributed by atoms with Gasteiger partial charge in [0.15, 0.2) is 0 Å². The van der Waals surface area contributed by atoms with Gasteiger partial charge in [0.1, 0.15) is 11.6 Å². The van der Waals surface area contributed by atoms with Crippen molar-refractivity contribution in [2.45, 2.75) is 19.8 Å². The van der Waals surface area contributed by atoms with Crippen LogP contribution in [-0.4, -0.2) is 19.1 Å². The molecule has 0 unspecified atom stereocenters. The second kappa shape index (κ2) is 9.13. The lowest BCUT2D eigenvalue weighted by Crippen LogP contribution is -2.21. The Bertz CT molecular complexity index is 677. The molecule has 24 heavy (non-hydrogen) atoms. The minimum atomic E-state index is -0.519. The van der Waals surface area contributed by atoms with Gasteiger partial charge in [0.2, 0.25) is 5.91 Å². The summed E-state index contributed by atoms with van der Waals surface area (Å²) in [6.45, 7) is 2.90. The topological polar surface area (TPSA) is 50.4 Å².